The van der Waals surface area contributed by atoms with Crippen LogP contribution in [0.5, 0.6) is 5.75 Å². The Labute approximate surface area is 134 Å². The Bertz CT molecular complexity index is 522. The molecule has 5 nitrogen and oxygen atoms in total. The zero-order chi connectivity index (χ0) is 16.8. The van der Waals surface area contributed by atoms with Gasteiger partial charge in [0.2, 0.25) is 5.91 Å². The van der Waals surface area contributed by atoms with E-state index in [1.807, 2.05) is 0 Å². The molecule has 1 aliphatic rings. The molecular formula is C16H22F2N2O3. The van der Waals surface area contributed by atoms with E-state index < -0.39 is 12.7 Å². The highest BCUT2D eigenvalue weighted by Crippen LogP contribution is 2.22. The molecule has 0 aromatic heterocycles. The number of amides is 1. The van der Waals surface area contributed by atoms with Crippen LogP contribution < -0.4 is 15.8 Å². The van der Waals surface area contributed by atoms with Gasteiger partial charge in [0.25, 0.3) is 0 Å². The van der Waals surface area contributed by atoms with Crippen molar-refractivity contribution in [3.8, 4) is 5.75 Å². The molecule has 0 saturated carbocycles. The number of alkyl halides is 2. The van der Waals surface area contributed by atoms with Gasteiger partial charge in [-0.1, -0.05) is 12.1 Å². The summed E-state index contributed by atoms with van der Waals surface area (Å²) in [5, 5.41) is 2.83. The van der Waals surface area contributed by atoms with Gasteiger partial charge < -0.3 is 20.5 Å². The van der Waals surface area contributed by atoms with Gasteiger partial charge in [-0.05, 0) is 43.4 Å². The van der Waals surface area contributed by atoms with Crippen LogP contribution in [0.2, 0.25) is 0 Å². The van der Waals surface area contributed by atoms with Gasteiger partial charge in [-0.3, -0.25) is 4.79 Å². The first-order chi connectivity index (χ1) is 11.0. The molecule has 1 aromatic carbocycles. The fourth-order valence-electron chi connectivity index (χ4n) is 2.64. The lowest BCUT2D eigenvalue weighted by Crippen LogP contribution is -2.47. The molecule has 0 aliphatic carbocycles. The first-order valence-electron chi connectivity index (χ1n) is 7.66. The summed E-state index contributed by atoms with van der Waals surface area (Å²) in [6.07, 6.45) is 1.53. The van der Waals surface area contributed by atoms with Crippen LogP contribution in [0, 0.1) is 5.92 Å². The number of nitrogens with one attached hydrogen (secondary N) is 1. The van der Waals surface area contributed by atoms with Gasteiger partial charge in [0.1, 0.15) is 5.75 Å². The van der Waals surface area contributed by atoms with Crippen molar-refractivity contribution >= 4 is 5.91 Å². The molecule has 2 atom stereocenters. The lowest BCUT2D eigenvalue weighted by atomic mass is 9.91. The Morgan fingerprint density at radius 1 is 1.39 bits per heavy atom. The molecule has 23 heavy (non-hydrogen) atoms. The van der Waals surface area contributed by atoms with Gasteiger partial charge in [-0.25, -0.2) is 0 Å². The fraction of sp³-hybridized carbons (Fsp3) is 0.562. The number of carbonyl (C=O) groups excluding carboxylic acids is 1. The lowest BCUT2D eigenvalue weighted by Gasteiger charge is -2.28. The second-order valence-electron chi connectivity index (χ2n) is 5.66. The third-order valence-corrected chi connectivity index (χ3v) is 4.02. The summed E-state index contributed by atoms with van der Waals surface area (Å²) in [7, 11) is 0. The van der Waals surface area contributed by atoms with E-state index in [-0.39, 0.29) is 23.6 Å². The molecule has 0 spiro atoms. The smallest absolute Gasteiger partial charge is 0.387 e. The van der Waals surface area contributed by atoms with Crippen LogP contribution in [0.15, 0.2) is 24.3 Å². The Morgan fingerprint density at radius 2 is 2.09 bits per heavy atom. The Morgan fingerprint density at radius 3 is 2.74 bits per heavy atom. The van der Waals surface area contributed by atoms with Crippen LogP contribution in [0.25, 0.3) is 0 Å². The maximum Gasteiger partial charge on any atom is 0.387 e. The summed E-state index contributed by atoms with van der Waals surface area (Å²) in [5.74, 6) is -0.0821. The maximum absolute atomic E-state index is 12.3. The number of nitrogens with two attached hydrogens (primary N) is 1. The van der Waals surface area contributed by atoms with Gasteiger partial charge in [0.15, 0.2) is 0 Å². The fourth-order valence-corrected chi connectivity index (χ4v) is 2.64. The van der Waals surface area contributed by atoms with Crippen molar-refractivity contribution in [2.75, 3.05) is 13.2 Å². The summed E-state index contributed by atoms with van der Waals surface area (Å²) in [6.45, 7) is 0.135. The number of hydrogen-bond donors (Lipinski definition) is 2. The van der Waals surface area contributed by atoms with Crippen LogP contribution >= 0.6 is 0 Å². The average Bonchev–Trinajstić information content (AvgIpc) is 2.54. The van der Waals surface area contributed by atoms with E-state index in [9.17, 15) is 13.6 Å². The molecule has 128 valence electrons. The first kappa shape index (κ1) is 17.6. The van der Waals surface area contributed by atoms with Gasteiger partial charge in [0, 0.05) is 13.2 Å². The molecule has 0 radical (unpaired) electrons. The van der Waals surface area contributed by atoms with Crippen molar-refractivity contribution in [2.24, 2.45) is 11.7 Å². The Hall–Kier alpha value is -1.73. The lowest BCUT2D eigenvalue weighted by molar-refractivity contribution is -0.125. The minimum atomic E-state index is -2.88. The molecule has 2 unspecified atom stereocenters. The summed E-state index contributed by atoms with van der Waals surface area (Å²) in [4.78, 5) is 12.3. The highest BCUT2D eigenvalue weighted by Gasteiger charge is 2.27. The van der Waals surface area contributed by atoms with Crippen molar-refractivity contribution in [3.05, 3.63) is 29.8 Å². The third-order valence-electron chi connectivity index (χ3n) is 4.02. The maximum atomic E-state index is 12.3. The van der Waals surface area contributed by atoms with Gasteiger partial charge in [-0.15, -0.1) is 0 Å². The molecule has 2 rings (SSSR count). The predicted octanol–water partition coefficient (Wildman–Crippen LogP) is 2.22. The van der Waals surface area contributed by atoms with Crippen LogP contribution in [0.3, 0.4) is 0 Å². The molecule has 1 aliphatic heterocycles. The SMILES string of the molecule is CC(NC(=O)C(N)C1CCOCC1)c1cccc(OC(F)F)c1. The zero-order valence-corrected chi connectivity index (χ0v) is 13.0. The highest BCUT2D eigenvalue weighted by molar-refractivity contribution is 5.82. The first-order valence-corrected chi connectivity index (χ1v) is 7.66. The van der Waals surface area contributed by atoms with Crippen LogP contribution in [-0.4, -0.2) is 31.8 Å². The number of rotatable bonds is 6. The van der Waals surface area contributed by atoms with E-state index in [1.165, 1.54) is 12.1 Å². The molecule has 1 amide bonds. The molecule has 3 N–H and O–H groups in total. The summed E-state index contributed by atoms with van der Waals surface area (Å²) >= 11 is 0. The molecular weight excluding hydrogens is 306 g/mol. The molecule has 7 heteroatoms. The third kappa shape index (κ3) is 5.14. The minimum Gasteiger partial charge on any atom is -0.435 e. The second kappa shape index (κ2) is 8.21. The number of carbonyl (C=O) groups is 1. The highest BCUT2D eigenvalue weighted by atomic mass is 19.3. The number of benzene rings is 1. The number of hydrogen-bond acceptors (Lipinski definition) is 4. The topological polar surface area (TPSA) is 73.6 Å². The normalized spacial score (nSPS) is 18.5. The van der Waals surface area contributed by atoms with Gasteiger partial charge >= 0.3 is 6.61 Å². The molecule has 0 bridgehead atoms. The van der Waals surface area contributed by atoms with E-state index >= 15 is 0 Å². The van der Waals surface area contributed by atoms with Crippen molar-refractivity contribution < 1.29 is 23.0 Å². The van der Waals surface area contributed by atoms with Crippen LogP contribution in [-0.2, 0) is 9.53 Å². The number of halogens is 2. The molecule has 1 saturated heterocycles. The van der Waals surface area contributed by atoms with Crippen molar-refractivity contribution in [3.63, 3.8) is 0 Å². The molecule has 1 heterocycles. The van der Waals surface area contributed by atoms with Crippen molar-refractivity contribution in [1.82, 2.24) is 5.32 Å². The second-order valence-corrected chi connectivity index (χ2v) is 5.66. The van der Waals surface area contributed by atoms with Crippen LogP contribution in [0.1, 0.15) is 31.4 Å². The predicted molar refractivity (Wildman–Crippen MR) is 81.2 cm³/mol. The van der Waals surface area contributed by atoms with E-state index in [1.54, 1.807) is 19.1 Å². The van der Waals surface area contributed by atoms with Crippen LogP contribution in [0.4, 0.5) is 8.78 Å². The molecule has 1 fully saturated rings. The van der Waals surface area contributed by atoms with Gasteiger partial charge in [0.05, 0.1) is 12.1 Å². The zero-order valence-electron chi connectivity index (χ0n) is 13.0. The average molecular weight is 328 g/mol. The quantitative estimate of drug-likeness (QED) is 0.840. The summed E-state index contributed by atoms with van der Waals surface area (Å²) in [6, 6.07) is 5.32. The Balaban J connectivity index is 1.94. The summed E-state index contributed by atoms with van der Waals surface area (Å²) < 4.78 is 34.1. The van der Waals surface area contributed by atoms with E-state index in [0.29, 0.717) is 18.8 Å². The van der Waals surface area contributed by atoms with E-state index in [2.05, 4.69) is 10.1 Å². The van der Waals surface area contributed by atoms with Gasteiger partial charge in [-0.2, -0.15) is 8.78 Å². The van der Waals surface area contributed by atoms with Crippen molar-refractivity contribution in [2.45, 2.75) is 38.5 Å². The minimum absolute atomic E-state index is 0.0623. The largest absolute Gasteiger partial charge is 0.435 e. The number of ether oxygens (including phenoxy) is 2. The standard InChI is InChI=1S/C16H22F2N2O3/c1-10(12-3-2-4-13(9-12)23-16(17)18)20-15(21)14(19)11-5-7-22-8-6-11/h2-4,9-11,14,16H,5-8,19H2,1H3,(H,20,21). The monoisotopic (exact) mass is 328 g/mol. The van der Waals surface area contributed by atoms with E-state index in [0.717, 1.165) is 12.8 Å². The Kier molecular flexibility index (Phi) is 6.29. The summed E-state index contributed by atoms with van der Waals surface area (Å²) in [5.41, 5.74) is 6.70. The molecule has 1 aromatic rings. The van der Waals surface area contributed by atoms with E-state index in [4.69, 9.17) is 10.5 Å². The van der Waals surface area contributed by atoms with Crippen molar-refractivity contribution in [1.29, 1.82) is 0 Å².